The van der Waals surface area contributed by atoms with Crippen molar-refractivity contribution >= 4 is 36.8 Å². The highest BCUT2D eigenvalue weighted by molar-refractivity contribution is 14.1. The molecule has 1 aromatic heterocycles. The van der Waals surface area contributed by atoms with Crippen LogP contribution < -0.4 is 5.32 Å². The first-order valence-corrected chi connectivity index (χ1v) is 11.0. The van der Waals surface area contributed by atoms with E-state index in [9.17, 15) is 4.79 Å². The zero-order valence-corrected chi connectivity index (χ0v) is 17.2. The number of rotatable bonds is 5. The van der Waals surface area contributed by atoms with Gasteiger partial charge < -0.3 is 9.74 Å². The Morgan fingerprint density at radius 1 is 1.43 bits per heavy atom. The molecule has 5 nitrogen and oxygen atoms in total. The van der Waals surface area contributed by atoms with E-state index in [1.54, 1.807) is 11.7 Å². The van der Waals surface area contributed by atoms with Crippen molar-refractivity contribution in [1.29, 1.82) is 0 Å². The van der Waals surface area contributed by atoms with Crippen LogP contribution in [0.2, 0.25) is 18.1 Å². The Morgan fingerprint density at radius 2 is 2.00 bits per heavy atom. The number of aromatic nitrogens is 2. The molecule has 1 N–H and O–H groups in total. The Hall–Kier alpha value is -0.413. The van der Waals surface area contributed by atoms with Gasteiger partial charge in [-0.05, 0) is 47.6 Å². The molecule has 7 heteroatoms. The molecule has 0 unspecified atom stereocenters. The molecule has 0 aliphatic rings. The van der Waals surface area contributed by atoms with Crippen LogP contribution in [-0.4, -0.2) is 31.1 Å². The topological polar surface area (TPSA) is 56.2 Å². The van der Waals surface area contributed by atoms with Crippen LogP contribution in [0.25, 0.3) is 0 Å². The van der Waals surface area contributed by atoms with Crippen LogP contribution in [0.1, 0.15) is 32.2 Å². The largest absolute Gasteiger partial charge is 0.411 e. The molecule has 1 rings (SSSR count). The summed E-state index contributed by atoms with van der Waals surface area (Å²) in [6.07, 6.45) is 0. The molecule has 21 heavy (non-hydrogen) atoms. The third kappa shape index (κ3) is 4.53. The first kappa shape index (κ1) is 18.6. The predicted octanol–water partition coefficient (Wildman–Crippen LogP) is 3.06. The lowest BCUT2D eigenvalue weighted by Crippen LogP contribution is -2.40. The van der Waals surface area contributed by atoms with Crippen molar-refractivity contribution in [1.82, 2.24) is 15.1 Å². The summed E-state index contributed by atoms with van der Waals surface area (Å²) in [7, 11) is -0.157. The van der Waals surface area contributed by atoms with Gasteiger partial charge in [-0.2, -0.15) is 5.10 Å². The number of halogens is 1. The van der Waals surface area contributed by atoms with Gasteiger partial charge in [0.15, 0.2) is 8.32 Å². The van der Waals surface area contributed by atoms with Gasteiger partial charge in [-0.3, -0.25) is 9.48 Å². The Morgan fingerprint density at radius 3 is 2.48 bits per heavy atom. The Bertz CT molecular complexity index is 521. The highest BCUT2D eigenvalue weighted by Crippen LogP contribution is 2.37. The van der Waals surface area contributed by atoms with Crippen LogP contribution in [-0.2, 0) is 22.4 Å². The van der Waals surface area contributed by atoms with Crippen LogP contribution in [0, 0.1) is 10.5 Å². The van der Waals surface area contributed by atoms with Crippen LogP contribution in [0.15, 0.2) is 0 Å². The second-order valence-electron chi connectivity index (χ2n) is 6.73. The SMILES string of the molecule is CNC(=O)Cn1nc(CO[Si](C)(C)C(C)(C)C)c(I)c1C. The predicted molar refractivity (Wildman–Crippen MR) is 95.7 cm³/mol. The summed E-state index contributed by atoms with van der Waals surface area (Å²) in [5, 5.41) is 7.33. The molecule has 0 bridgehead atoms. The maximum Gasteiger partial charge on any atom is 0.241 e. The quantitative estimate of drug-likeness (QED) is 0.585. The first-order valence-electron chi connectivity index (χ1n) is 7.06. The monoisotopic (exact) mass is 423 g/mol. The summed E-state index contributed by atoms with van der Waals surface area (Å²) in [4.78, 5) is 11.5. The summed E-state index contributed by atoms with van der Waals surface area (Å²) < 4.78 is 9.04. The Labute approximate surface area is 142 Å². The van der Waals surface area contributed by atoms with E-state index in [-0.39, 0.29) is 17.5 Å². The second-order valence-corrected chi connectivity index (χ2v) is 12.6. The minimum Gasteiger partial charge on any atom is -0.411 e. The fraction of sp³-hybridized carbons (Fsp3) is 0.714. The van der Waals surface area contributed by atoms with E-state index in [0.717, 1.165) is 15.0 Å². The number of carbonyl (C=O) groups excluding carboxylic acids is 1. The van der Waals surface area contributed by atoms with Gasteiger partial charge in [-0.1, -0.05) is 20.8 Å². The molecule has 0 aromatic carbocycles. The molecule has 0 atom stereocenters. The summed E-state index contributed by atoms with van der Waals surface area (Å²) >= 11 is 2.28. The number of likely N-dealkylation sites (N-methyl/N-ethyl adjacent to an activating group) is 1. The van der Waals surface area contributed by atoms with E-state index in [1.807, 2.05) is 6.92 Å². The molecule has 0 saturated heterocycles. The van der Waals surface area contributed by atoms with Crippen LogP contribution in [0.3, 0.4) is 0 Å². The standard InChI is InChI=1S/C14H26IN3O2Si/c1-10-13(15)11(17-18(10)8-12(19)16-5)9-20-21(6,7)14(2,3)4/h8-9H2,1-7H3,(H,16,19). The van der Waals surface area contributed by atoms with E-state index in [2.05, 4.69) is 66.9 Å². The molecule has 0 radical (unpaired) electrons. The maximum absolute atomic E-state index is 11.5. The van der Waals surface area contributed by atoms with Crippen molar-refractivity contribution in [3.63, 3.8) is 0 Å². The van der Waals surface area contributed by atoms with E-state index < -0.39 is 8.32 Å². The van der Waals surface area contributed by atoms with Gasteiger partial charge in [0.2, 0.25) is 5.91 Å². The Balaban J connectivity index is 2.86. The van der Waals surface area contributed by atoms with Gasteiger partial charge in [-0.25, -0.2) is 0 Å². The van der Waals surface area contributed by atoms with Crippen molar-refractivity contribution < 1.29 is 9.22 Å². The molecule has 1 heterocycles. The van der Waals surface area contributed by atoms with Crippen molar-refractivity contribution in [2.45, 2.75) is 59.0 Å². The third-order valence-corrected chi connectivity index (χ3v) is 10.0. The van der Waals surface area contributed by atoms with Gasteiger partial charge >= 0.3 is 0 Å². The average molecular weight is 423 g/mol. The molecule has 0 spiro atoms. The van der Waals surface area contributed by atoms with Crippen LogP contribution >= 0.6 is 22.6 Å². The summed E-state index contributed by atoms with van der Waals surface area (Å²) in [5.41, 5.74) is 1.93. The lowest BCUT2D eigenvalue weighted by atomic mass is 10.2. The third-order valence-electron chi connectivity index (χ3n) is 4.15. The normalized spacial score (nSPS) is 12.6. The van der Waals surface area contributed by atoms with Crippen molar-refractivity contribution in [2.75, 3.05) is 7.05 Å². The number of nitrogens with one attached hydrogen (secondary N) is 1. The van der Waals surface area contributed by atoms with Crippen LogP contribution in [0.4, 0.5) is 0 Å². The molecule has 1 aromatic rings. The molecule has 0 saturated carbocycles. The zero-order valence-electron chi connectivity index (χ0n) is 14.0. The minimum absolute atomic E-state index is 0.0473. The molecular formula is C14H26IN3O2Si. The van der Waals surface area contributed by atoms with Gasteiger partial charge in [0.25, 0.3) is 0 Å². The molecule has 0 fully saturated rings. The molecule has 0 aliphatic carbocycles. The smallest absolute Gasteiger partial charge is 0.241 e. The lowest BCUT2D eigenvalue weighted by Gasteiger charge is -2.35. The zero-order chi connectivity index (χ0) is 16.4. The summed E-state index contributed by atoms with van der Waals surface area (Å²) in [5.74, 6) is -0.0473. The average Bonchev–Trinajstić information content (AvgIpc) is 2.63. The summed E-state index contributed by atoms with van der Waals surface area (Å²) in [6.45, 7) is 13.9. The molecular weight excluding hydrogens is 397 g/mol. The van der Waals surface area contributed by atoms with Gasteiger partial charge in [0.05, 0.1) is 10.2 Å². The van der Waals surface area contributed by atoms with E-state index in [4.69, 9.17) is 4.43 Å². The van der Waals surface area contributed by atoms with Gasteiger partial charge in [-0.15, -0.1) is 0 Å². The minimum atomic E-state index is -1.79. The number of hydrogen-bond acceptors (Lipinski definition) is 3. The number of nitrogens with zero attached hydrogens (tertiary/aromatic N) is 2. The van der Waals surface area contributed by atoms with E-state index in [1.165, 1.54) is 0 Å². The van der Waals surface area contributed by atoms with Crippen molar-refractivity contribution in [3.05, 3.63) is 15.0 Å². The van der Waals surface area contributed by atoms with E-state index >= 15 is 0 Å². The number of hydrogen-bond donors (Lipinski definition) is 1. The highest BCUT2D eigenvalue weighted by atomic mass is 127. The van der Waals surface area contributed by atoms with Gasteiger partial charge in [0, 0.05) is 12.7 Å². The lowest BCUT2D eigenvalue weighted by molar-refractivity contribution is -0.121. The van der Waals surface area contributed by atoms with Gasteiger partial charge in [0.1, 0.15) is 12.2 Å². The highest BCUT2D eigenvalue weighted by Gasteiger charge is 2.37. The van der Waals surface area contributed by atoms with E-state index in [0.29, 0.717) is 6.61 Å². The fourth-order valence-corrected chi connectivity index (χ4v) is 2.99. The number of amides is 1. The first-order chi connectivity index (χ1) is 9.49. The molecule has 0 aliphatic heterocycles. The second kappa shape index (κ2) is 6.78. The maximum atomic E-state index is 11.5. The van der Waals surface area contributed by atoms with Crippen LogP contribution in [0.5, 0.6) is 0 Å². The van der Waals surface area contributed by atoms with Crippen molar-refractivity contribution in [2.24, 2.45) is 0 Å². The fourth-order valence-electron chi connectivity index (χ4n) is 1.51. The Kier molecular flexibility index (Phi) is 6.02. The summed E-state index contributed by atoms with van der Waals surface area (Å²) in [6, 6.07) is 0. The number of carbonyl (C=O) groups is 1. The molecule has 120 valence electrons. The molecule has 1 amide bonds. The van der Waals surface area contributed by atoms with Crippen molar-refractivity contribution in [3.8, 4) is 0 Å².